The van der Waals surface area contributed by atoms with E-state index in [1.54, 1.807) is 0 Å². The zero-order chi connectivity index (χ0) is 17.2. The fraction of sp³-hybridized carbons (Fsp3) is 0.579. The fourth-order valence-corrected chi connectivity index (χ4v) is 4.18. The number of carbonyl (C=O) groups is 2. The minimum Gasteiger partial charge on any atom is -0.399 e. The van der Waals surface area contributed by atoms with Gasteiger partial charge in [-0.1, -0.05) is 25.3 Å². The molecule has 5 nitrogen and oxygen atoms in total. The number of amides is 2. The Morgan fingerprint density at radius 3 is 2.56 bits per heavy atom. The Balaban J connectivity index is 0.00000225. The predicted molar refractivity (Wildman–Crippen MR) is 102 cm³/mol. The zero-order valence-electron chi connectivity index (χ0n) is 14.8. The predicted octanol–water partition coefficient (Wildman–Crippen LogP) is 3.02. The van der Waals surface area contributed by atoms with E-state index in [9.17, 15) is 9.59 Å². The molecular formula is C19H28ClN3O2. The highest BCUT2D eigenvalue weighted by Gasteiger charge is 2.41. The van der Waals surface area contributed by atoms with Crippen LogP contribution in [0.15, 0.2) is 18.2 Å². The van der Waals surface area contributed by atoms with E-state index in [-0.39, 0.29) is 30.3 Å². The summed E-state index contributed by atoms with van der Waals surface area (Å²) >= 11 is 0. The Hall–Kier alpha value is -1.75. The summed E-state index contributed by atoms with van der Waals surface area (Å²) in [6.45, 7) is 1.49. The maximum absolute atomic E-state index is 13.0. The summed E-state index contributed by atoms with van der Waals surface area (Å²) in [6, 6.07) is 5.95. The number of benzene rings is 1. The van der Waals surface area contributed by atoms with Gasteiger partial charge in [-0.05, 0) is 55.4 Å². The van der Waals surface area contributed by atoms with E-state index in [2.05, 4.69) is 10.6 Å². The van der Waals surface area contributed by atoms with Crippen LogP contribution in [0.2, 0.25) is 0 Å². The van der Waals surface area contributed by atoms with E-state index in [0.29, 0.717) is 0 Å². The standard InChI is InChI=1S/C19H27N3O2.ClH/c1-13(23)22-19(10-3-2-4-11-19)18(24)21-17-7-5-6-14-12-15(20)8-9-16(14)17;/h8-9,12,17H,2-7,10-11,20H2,1H3,(H,21,24)(H,22,23);1H. The van der Waals surface area contributed by atoms with E-state index in [1.807, 2.05) is 18.2 Å². The highest BCUT2D eigenvalue weighted by Crippen LogP contribution is 2.33. The largest absolute Gasteiger partial charge is 0.399 e. The van der Waals surface area contributed by atoms with Gasteiger partial charge in [0.15, 0.2) is 0 Å². The highest BCUT2D eigenvalue weighted by molar-refractivity contribution is 5.91. The molecule has 1 unspecified atom stereocenters. The lowest BCUT2D eigenvalue weighted by atomic mass is 9.80. The molecule has 0 radical (unpaired) electrons. The Kier molecular flexibility index (Phi) is 6.33. The molecule has 1 aromatic rings. The quantitative estimate of drug-likeness (QED) is 0.720. The van der Waals surface area contributed by atoms with Crippen molar-refractivity contribution in [2.75, 3.05) is 5.73 Å². The summed E-state index contributed by atoms with van der Waals surface area (Å²) in [5.41, 5.74) is 8.30. The van der Waals surface area contributed by atoms with Crippen LogP contribution in [0, 0.1) is 0 Å². The summed E-state index contributed by atoms with van der Waals surface area (Å²) in [5.74, 6) is -0.170. The number of anilines is 1. The first kappa shape index (κ1) is 19.6. The average Bonchev–Trinajstić information content (AvgIpc) is 2.55. The van der Waals surface area contributed by atoms with Gasteiger partial charge in [-0.15, -0.1) is 12.4 Å². The first-order valence-electron chi connectivity index (χ1n) is 8.98. The molecule has 1 aromatic carbocycles. The summed E-state index contributed by atoms with van der Waals surface area (Å²) in [5, 5.41) is 6.16. The van der Waals surface area contributed by atoms with Crippen molar-refractivity contribution in [3.63, 3.8) is 0 Å². The number of nitrogens with two attached hydrogens (primary N) is 1. The minimum absolute atomic E-state index is 0. The molecule has 25 heavy (non-hydrogen) atoms. The molecule has 0 saturated heterocycles. The van der Waals surface area contributed by atoms with Crippen LogP contribution in [0.3, 0.4) is 0 Å². The van der Waals surface area contributed by atoms with E-state index in [0.717, 1.165) is 62.6 Å². The Labute approximate surface area is 155 Å². The number of hydrogen-bond donors (Lipinski definition) is 3. The number of hydrogen-bond acceptors (Lipinski definition) is 3. The lowest BCUT2D eigenvalue weighted by Gasteiger charge is -2.38. The van der Waals surface area contributed by atoms with Gasteiger partial charge in [0, 0.05) is 12.6 Å². The maximum Gasteiger partial charge on any atom is 0.246 e. The summed E-state index contributed by atoms with van der Waals surface area (Å²) in [4.78, 5) is 24.7. The van der Waals surface area contributed by atoms with Crippen molar-refractivity contribution >= 4 is 29.9 Å². The van der Waals surface area contributed by atoms with E-state index in [4.69, 9.17) is 5.73 Å². The molecule has 4 N–H and O–H groups in total. The molecule has 1 atom stereocenters. The zero-order valence-corrected chi connectivity index (χ0v) is 15.6. The molecule has 2 aliphatic carbocycles. The summed E-state index contributed by atoms with van der Waals surface area (Å²) in [7, 11) is 0. The van der Waals surface area contributed by atoms with Gasteiger partial charge in [-0.25, -0.2) is 0 Å². The third kappa shape index (κ3) is 4.27. The van der Waals surface area contributed by atoms with Crippen molar-refractivity contribution in [3.05, 3.63) is 29.3 Å². The average molecular weight is 366 g/mol. The van der Waals surface area contributed by atoms with Crippen molar-refractivity contribution < 1.29 is 9.59 Å². The Morgan fingerprint density at radius 1 is 1.16 bits per heavy atom. The first-order valence-corrected chi connectivity index (χ1v) is 8.98. The van der Waals surface area contributed by atoms with Crippen LogP contribution in [-0.2, 0) is 16.0 Å². The maximum atomic E-state index is 13.0. The molecule has 2 amide bonds. The molecule has 0 heterocycles. The number of nitrogen functional groups attached to an aromatic ring is 1. The Morgan fingerprint density at radius 2 is 1.88 bits per heavy atom. The van der Waals surface area contributed by atoms with Gasteiger partial charge >= 0.3 is 0 Å². The van der Waals surface area contributed by atoms with Crippen molar-refractivity contribution in [3.8, 4) is 0 Å². The van der Waals surface area contributed by atoms with Crippen molar-refractivity contribution in [2.24, 2.45) is 0 Å². The van der Waals surface area contributed by atoms with E-state index < -0.39 is 5.54 Å². The topological polar surface area (TPSA) is 84.2 Å². The van der Waals surface area contributed by atoms with E-state index in [1.165, 1.54) is 12.5 Å². The third-order valence-corrected chi connectivity index (χ3v) is 5.34. The molecule has 6 heteroatoms. The highest BCUT2D eigenvalue weighted by atomic mass is 35.5. The van der Waals surface area contributed by atoms with Gasteiger partial charge in [0.2, 0.25) is 11.8 Å². The monoisotopic (exact) mass is 365 g/mol. The minimum atomic E-state index is -0.741. The number of carbonyl (C=O) groups excluding carboxylic acids is 2. The van der Waals surface area contributed by atoms with Gasteiger partial charge in [0.05, 0.1) is 6.04 Å². The smallest absolute Gasteiger partial charge is 0.246 e. The molecule has 3 rings (SSSR count). The Bertz CT molecular complexity index is 642. The van der Waals surface area contributed by atoms with Gasteiger partial charge in [-0.3, -0.25) is 9.59 Å². The second-order valence-electron chi connectivity index (χ2n) is 7.20. The number of aryl methyl sites for hydroxylation is 1. The van der Waals surface area contributed by atoms with Crippen LogP contribution in [0.25, 0.3) is 0 Å². The lowest BCUT2D eigenvalue weighted by Crippen LogP contribution is -2.59. The normalized spacial score (nSPS) is 21.4. The van der Waals surface area contributed by atoms with Gasteiger partial charge in [0.1, 0.15) is 5.54 Å². The SMILES string of the molecule is CC(=O)NC1(C(=O)NC2CCCc3cc(N)ccc32)CCCCC1.Cl. The molecule has 0 bridgehead atoms. The van der Waals surface area contributed by atoms with Crippen LogP contribution in [0.5, 0.6) is 0 Å². The number of fused-ring (bicyclic) bond motifs is 1. The van der Waals surface area contributed by atoms with Crippen LogP contribution in [-0.4, -0.2) is 17.4 Å². The molecule has 0 aromatic heterocycles. The lowest BCUT2D eigenvalue weighted by molar-refractivity contribution is -0.135. The summed E-state index contributed by atoms with van der Waals surface area (Å²) < 4.78 is 0. The van der Waals surface area contributed by atoms with Crippen molar-refractivity contribution in [1.82, 2.24) is 10.6 Å². The third-order valence-electron chi connectivity index (χ3n) is 5.34. The second kappa shape index (κ2) is 8.09. The summed E-state index contributed by atoms with van der Waals surface area (Å²) in [6.07, 6.45) is 7.49. The second-order valence-corrected chi connectivity index (χ2v) is 7.20. The molecule has 1 saturated carbocycles. The molecule has 1 fully saturated rings. The van der Waals surface area contributed by atoms with Crippen molar-refractivity contribution in [1.29, 1.82) is 0 Å². The number of halogens is 1. The first-order chi connectivity index (χ1) is 11.5. The van der Waals surface area contributed by atoms with Gasteiger partial charge < -0.3 is 16.4 Å². The van der Waals surface area contributed by atoms with E-state index >= 15 is 0 Å². The fourth-order valence-electron chi connectivity index (χ4n) is 4.18. The van der Waals surface area contributed by atoms with Gasteiger partial charge in [-0.2, -0.15) is 0 Å². The van der Waals surface area contributed by atoms with Crippen LogP contribution < -0.4 is 16.4 Å². The van der Waals surface area contributed by atoms with Gasteiger partial charge in [0.25, 0.3) is 0 Å². The van der Waals surface area contributed by atoms with Crippen LogP contribution in [0.1, 0.15) is 69.0 Å². The molecule has 0 aliphatic heterocycles. The van der Waals surface area contributed by atoms with Crippen molar-refractivity contribution in [2.45, 2.75) is 69.9 Å². The number of rotatable bonds is 3. The molecule has 0 spiro atoms. The molecular weight excluding hydrogens is 338 g/mol. The van der Waals surface area contributed by atoms with Crippen LogP contribution >= 0.6 is 12.4 Å². The molecule has 2 aliphatic rings. The van der Waals surface area contributed by atoms with Crippen LogP contribution in [0.4, 0.5) is 5.69 Å². The molecule has 138 valence electrons. The number of nitrogens with one attached hydrogen (secondary N) is 2.